The molecule has 0 aliphatic heterocycles. The molecule has 0 aliphatic carbocycles. The molecule has 1 heterocycles. The molecule has 0 unspecified atom stereocenters. The largest absolute Gasteiger partial charge is 0.354 e. The Bertz CT molecular complexity index is 566. The molecule has 0 fully saturated rings. The number of nitrogens with zero attached hydrogens (tertiary/aromatic N) is 1. The third-order valence-electron chi connectivity index (χ3n) is 2.85. The monoisotopic (exact) mass is 303 g/mol. The molecule has 0 radical (unpaired) electrons. The van der Waals surface area contributed by atoms with Crippen LogP contribution >= 0.6 is 11.3 Å². The van der Waals surface area contributed by atoms with Gasteiger partial charge in [0.1, 0.15) is 5.01 Å². The number of hydrogen-bond acceptors (Lipinski definition) is 4. The lowest BCUT2D eigenvalue weighted by Gasteiger charge is -2.08. The van der Waals surface area contributed by atoms with Crippen molar-refractivity contribution >= 4 is 17.2 Å². The topological polar surface area (TPSA) is 54.0 Å². The van der Waals surface area contributed by atoms with Gasteiger partial charge in [0.15, 0.2) is 0 Å². The molecular formula is C16H21N3OS. The molecule has 2 aromatic rings. The highest BCUT2D eigenvalue weighted by Crippen LogP contribution is 2.24. The molecule has 0 bridgehead atoms. The van der Waals surface area contributed by atoms with E-state index in [-0.39, 0.29) is 11.9 Å². The van der Waals surface area contributed by atoms with Gasteiger partial charge in [-0.3, -0.25) is 4.79 Å². The molecule has 0 aliphatic rings. The van der Waals surface area contributed by atoms with Crippen molar-refractivity contribution in [1.29, 1.82) is 0 Å². The average molecular weight is 303 g/mol. The minimum Gasteiger partial charge on any atom is -0.354 e. The second-order valence-electron chi connectivity index (χ2n) is 5.15. The van der Waals surface area contributed by atoms with Crippen molar-refractivity contribution in [2.45, 2.75) is 32.9 Å². The van der Waals surface area contributed by atoms with Gasteiger partial charge in [0.2, 0.25) is 5.91 Å². The number of benzene rings is 1. The Morgan fingerprint density at radius 3 is 2.76 bits per heavy atom. The molecule has 2 N–H and O–H groups in total. The molecule has 0 atom stereocenters. The summed E-state index contributed by atoms with van der Waals surface area (Å²) in [6, 6.07) is 10.4. The smallest absolute Gasteiger partial charge is 0.221 e. The van der Waals surface area contributed by atoms with E-state index in [9.17, 15) is 4.79 Å². The molecule has 21 heavy (non-hydrogen) atoms. The van der Waals surface area contributed by atoms with Gasteiger partial charge in [-0.2, -0.15) is 0 Å². The maximum Gasteiger partial charge on any atom is 0.221 e. The van der Waals surface area contributed by atoms with Crippen molar-refractivity contribution < 1.29 is 4.79 Å². The van der Waals surface area contributed by atoms with Gasteiger partial charge in [0.05, 0.1) is 0 Å². The van der Waals surface area contributed by atoms with Crippen LogP contribution in [0.2, 0.25) is 0 Å². The van der Waals surface area contributed by atoms with Gasteiger partial charge in [-0.1, -0.05) is 30.3 Å². The lowest BCUT2D eigenvalue weighted by atomic mass is 10.2. The minimum atomic E-state index is 0.0896. The zero-order valence-corrected chi connectivity index (χ0v) is 13.2. The van der Waals surface area contributed by atoms with Crippen LogP contribution in [-0.2, 0) is 11.3 Å². The van der Waals surface area contributed by atoms with E-state index < -0.39 is 0 Å². The van der Waals surface area contributed by atoms with Crippen LogP contribution in [0.3, 0.4) is 0 Å². The summed E-state index contributed by atoms with van der Waals surface area (Å²) in [7, 11) is 0. The van der Waals surface area contributed by atoms with Crippen molar-refractivity contribution in [3.05, 3.63) is 41.4 Å². The summed E-state index contributed by atoms with van der Waals surface area (Å²) in [5.74, 6) is 0.0896. The number of thiazole rings is 1. The van der Waals surface area contributed by atoms with E-state index in [1.807, 2.05) is 38.2 Å². The minimum absolute atomic E-state index is 0.0896. The second kappa shape index (κ2) is 7.90. The van der Waals surface area contributed by atoms with Gasteiger partial charge in [-0.05, 0) is 13.8 Å². The first-order valence-electron chi connectivity index (χ1n) is 7.15. The highest BCUT2D eigenvalue weighted by atomic mass is 32.1. The molecule has 0 saturated carbocycles. The van der Waals surface area contributed by atoms with Crippen LogP contribution in [0.25, 0.3) is 10.6 Å². The van der Waals surface area contributed by atoms with Crippen LogP contribution in [0.15, 0.2) is 36.5 Å². The fraction of sp³-hybridized carbons (Fsp3) is 0.375. The summed E-state index contributed by atoms with van der Waals surface area (Å²) in [5.41, 5.74) is 1.14. The van der Waals surface area contributed by atoms with Gasteiger partial charge in [-0.15, -0.1) is 11.3 Å². The Labute approximate surface area is 129 Å². The number of amides is 1. The molecular weight excluding hydrogens is 282 g/mol. The maximum atomic E-state index is 11.5. The van der Waals surface area contributed by atoms with E-state index in [4.69, 9.17) is 0 Å². The van der Waals surface area contributed by atoms with Gasteiger partial charge in [0.25, 0.3) is 0 Å². The fourth-order valence-electron chi connectivity index (χ4n) is 1.91. The Morgan fingerprint density at radius 1 is 1.29 bits per heavy atom. The predicted octanol–water partition coefficient (Wildman–Crippen LogP) is 2.81. The molecule has 4 nitrogen and oxygen atoms in total. The third-order valence-corrected chi connectivity index (χ3v) is 3.90. The maximum absolute atomic E-state index is 11.5. The molecule has 112 valence electrons. The summed E-state index contributed by atoms with van der Waals surface area (Å²) < 4.78 is 0. The molecule has 1 amide bonds. The number of carbonyl (C=O) groups is 1. The van der Waals surface area contributed by atoms with Crippen LogP contribution in [0.4, 0.5) is 0 Å². The molecule has 1 aromatic carbocycles. The Balaban J connectivity index is 1.75. The molecule has 0 spiro atoms. The van der Waals surface area contributed by atoms with Gasteiger partial charge < -0.3 is 10.6 Å². The SMILES string of the molecule is CC(C)NC(=O)CCNCc1cnc(-c2ccccc2)s1. The summed E-state index contributed by atoms with van der Waals surface area (Å²) >= 11 is 1.68. The number of aromatic nitrogens is 1. The van der Waals surface area contributed by atoms with Gasteiger partial charge in [-0.25, -0.2) is 4.98 Å². The zero-order chi connectivity index (χ0) is 15.1. The van der Waals surface area contributed by atoms with E-state index in [1.165, 1.54) is 4.88 Å². The highest BCUT2D eigenvalue weighted by Gasteiger charge is 2.05. The molecule has 2 rings (SSSR count). The van der Waals surface area contributed by atoms with Crippen molar-refractivity contribution in [1.82, 2.24) is 15.6 Å². The predicted molar refractivity (Wildman–Crippen MR) is 87.2 cm³/mol. The number of rotatable bonds is 7. The standard InChI is InChI=1S/C16H21N3OS/c1-12(2)19-15(20)8-9-17-10-14-11-18-16(21-14)13-6-4-3-5-7-13/h3-7,11-12,17H,8-10H2,1-2H3,(H,19,20). The van der Waals surface area contributed by atoms with E-state index in [1.54, 1.807) is 11.3 Å². The number of carbonyl (C=O) groups excluding carboxylic acids is 1. The fourth-order valence-corrected chi connectivity index (χ4v) is 2.80. The average Bonchev–Trinajstić information content (AvgIpc) is 2.93. The summed E-state index contributed by atoms with van der Waals surface area (Å²) in [5, 5.41) is 7.19. The first kappa shape index (κ1) is 15.7. The second-order valence-corrected chi connectivity index (χ2v) is 6.26. The van der Waals surface area contributed by atoms with Crippen molar-refractivity contribution in [3.63, 3.8) is 0 Å². The quantitative estimate of drug-likeness (QED) is 0.773. The number of nitrogens with one attached hydrogen (secondary N) is 2. The summed E-state index contributed by atoms with van der Waals surface area (Å²) in [4.78, 5) is 17.1. The Kier molecular flexibility index (Phi) is 5.90. The third kappa shape index (κ3) is 5.28. The van der Waals surface area contributed by atoms with Crippen LogP contribution < -0.4 is 10.6 Å². The van der Waals surface area contributed by atoms with E-state index in [2.05, 4.69) is 27.8 Å². The van der Waals surface area contributed by atoms with Crippen molar-refractivity contribution in [3.8, 4) is 10.6 Å². The van der Waals surface area contributed by atoms with Gasteiger partial charge >= 0.3 is 0 Å². The lowest BCUT2D eigenvalue weighted by Crippen LogP contribution is -2.32. The van der Waals surface area contributed by atoms with Gasteiger partial charge in [0, 0.05) is 42.2 Å². The first-order valence-corrected chi connectivity index (χ1v) is 7.97. The Morgan fingerprint density at radius 2 is 2.05 bits per heavy atom. The van der Waals surface area contributed by atoms with Crippen LogP contribution in [0.1, 0.15) is 25.1 Å². The highest BCUT2D eigenvalue weighted by molar-refractivity contribution is 7.15. The van der Waals surface area contributed by atoms with Crippen LogP contribution in [0, 0.1) is 0 Å². The molecule has 0 saturated heterocycles. The molecule has 5 heteroatoms. The Hall–Kier alpha value is -1.72. The normalized spacial score (nSPS) is 10.8. The van der Waals surface area contributed by atoms with E-state index >= 15 is 0 Å². The lowest BCUT2D eigenvalue weighted by molar-refractivity contribution is -0.121. The first-order chi connectivity index (χ1) is 10.1. The summed E-state index contributed by atoms with van der Waals surface area (Å²) in [6.45, 7) is 5.36. The summed E-state index contributed by atoms with van der Waals surface area (Å²) in [6.07, 6.45) is 2.40. The molecule has 1 aromatic heterocycles. The zero-order valence-electron chi connectivity index (χ0n) is 12.4. The van der Waals surface area contributed by atoms with E-state index in [0.717, 1.165) is 17.1 Å². The van der Waals surface area contributed by atoms with Crippen LogP contribution in [-0.4, -0.2) is 23.5 Å². The van der Waals surface area contributed by atoms with Crippen molar-refractivity contribution in [2.24, 2.45) is 0 Å². The van der Waals surface area contributed by atoms with E-state index in [0.29, 0.717) is 13.0 Å². The van der Waals surface area contributed by atoms with Crippen LogP contribution in [0.5, 0.6) is 0 Å². The number of hydrogen-bond donors (Lipinski definition) is 2. The van der Waals surface area contributed by atoms with Crippen molar-refractivity contribution in [2.75, 3.05) is 6.54 Å².